The summed E-state index contributed by atoms with van der Waals surface area (Å²) in [6.07, 6.45) is 2.82. The van der Waals surface area contributed by atoms with Gasteiger partial charge in [0.2, 0.25) is 5.82 Å². The van der Waals surface area contributed by atoms with E-state index in [1.165, 1.54) is 0 Å². The molecule has 2 aromatic rings. The highest BCUT2D eigenvalue weighted by Crippen LogP contribution is 2.25. The van der Waals surface area contributed by atoms with Gasteiger partial charge in [-0.25, -0.2) is 9.97 Å². The monoisotopic (exact) mass is 368 g/mol. The fourth-order valence-electron chi connectivity index (χ4n) is 3.35. The molecule has 1 aliphatic rings. The van der Waals surface area contributed by atoms with Gasteiger partial charge in [0.15, 0.2) is 0 Å². The highest BCUT2D eigenvalue weighted by Gasteiger charge is 2.28. The number of likely N-dealkylation sites (N-methyl/N-ethyl adjacent to an activating group) is 1. The Morgan fingerprint density at radius 2 is 2.00 bits per heavy atom. The van der Waals surface area contributed by atoms with Crippen LogP contribution < -0.4 is 4.90 Å². The van der Waals surface area contributed by atoms with Gasteiger partial charge in [-0.1, -0.05) is 6.07 Å². The number of nitrogens with zero attached hydrogens (tertiary/aromatic N) is 6. The highest BCUT2D eigenvalue weighted by molar-refractivity contribution is 5.90. The summed E-state index contributed by atoms with van der Waals surface area (Å²) in [5.41, 5.74) is 2.73. The van der Waals surface area contributed by atoms with Crippen LogP contribution in [0.15, 0.2) is 24.4 Å². The minimum Gasteiger partial charge on any atom is -0.355 e. The summed E-state index contributed by atoms with van der Waals surface area (Å²) < 4.78 is 0. The summed E-state index contributed by atoms with van der Waals surface area (Å²) in [4.78, 5) is 32.4. The largest absolute Gasteiger partial charge is 0.355 e. The molecule has 7 nitrogen and oxygen atoms in total. The van der Waals surface area contributed by atoms with Gasteiger partial charge in [0, 0.05) is 43.6 Å². The van der Waals surface area contributed by atoms with E-state index in [9.17, 15) is 4.79 Å². The number of anilines is 1. The fraction of sp³-hybridized carbons (Fsp3) is 0.500. The molecule has 1 atom stereocenters. The van der Waals surface area contributed by atoms with Gasteiger partial charge in [-0.2, -0.15) is 0 Å². The second-order valence-corrected chi connectivity index (χ2v) is 7.42. The van der Waals surface area contributed by atoms with E-state index >= 15 is 0 Å². The van der Waals surface area contributed by atoms with Crippen molar-refractivity contribution in [3.8, 4) is 0 Å². The first kappa shape index (κ1) is 19.2. The molecule has 2 aromatic heterocycles. The topological polar surface area (TPSA) is 65.5 Å². The average molecular weight is 368 g/mol. The molecule has 0 bridgehead atoms. The molecule has 0 aliphatic carbocycles. The van der Waals surface area contributed by atoms with E-state index in [1.54, 1.807) is 18.1 Å². The lowest BCUT2D eigenvalue weighted by Gasteiger charge is -2.24. The van der Waals surface area contributed by atoms with Gasteiger partial charge < -0.3 is 14.7 Å². The van der Waals surface area contributed by atoms with E-state index in [0.717, 1.165) is 42.3 Å². The van der Waals surface area contributed by atoms with Crippen LogP contribution >= 0.6 is 0 Å². The smallest absolute Gasteiger partial charge is 0.291 e. The predicted molar refractivity (Wildman–Crippen MR) is 106 cm³/mol. The maximum absolute atomic E-state index is 12.9. The van der Waals surface area contributed by atoms with Gasteiger partial charge in [-0.05, 0) is 46.5 Å². The number of amides is 1. The lowest BCUT2D eigenvalue weighted by molar-refractivity contribution is 0.0771. The number of hydrogen-bond acceptors (Lipinski definition) is 6. The summed E-state index contributed by atoms with van der Waals surface area (Å²) in [5.74, 6) is 0.939. The molecule has 0 saturated carbocycles. The quantitative estimate of drug-likeness (QED) is 0.803. The van der Waals surface area contributed by atoms with Crippen molar-refractivity contribution in [3.63, 3.8) is 0 Å². The minimum absolute atomic E-state index is 0.187. The molecule has 3 heterocycles. The molecule has 1 amide bonds. The third-order valence-corrected chi connectivity index (χ3v) is 5.22. The Balaban J connectivity index is 1.82. The maximum Gasteiger partial charge on any atom is 0.291 e. The van der Waals surface area contributed by atoms with Crippen LogP contribution in [0, 0.1) is 13.8 Å². The van der Waals surface area contributed by atoms with Crippen LogP contribution in [0.3, 0.4) is 0 Å². The van der Waals surface area contributed by atoms with Gasteiger partial charge >= 0.3 is 0 Å². The Hall–Kier alpha value is -2.54. The highest BCUT2D eigenvalue weighted by atomic mass is 16.2. The standard InChI is InChI=1S/C20H28N6O/c1-14-15(2)22-18(20(27)25(5)12-16-8-6-7-10-21-16)23-19(14)26-11-9-17(13-26)24(3)4/h6-8,10,17H,9,11-13H2,1-5H3/t17-/m1/s1. The first-order chi connectivity index (χ1) is 12.9. The van der Waals surface area contributed by atoms with Crippen LogP contribution in [0.2, 0.25) is 0 Å². The van der Waals surface area contributed by atoms with Gasteiger partial charge in [0.05, 0.1) is 12.2 Å². The molecule has 7 heteroatoms. The molecular formula is C20H28N6O. The van der Waals surface area contributed by atoms with Crippen molar-refractivity contribution in [1.82, 2.24) is 24.8 Å². The minimum atomic E-state index is -0.187. The molecule has 0 N–H and O–H groups in total. The van der Waals surface area contributed by atoms with Crippen molar-refractivity contribution in [2.75, 3.05) is 39.1 Å². The van der Waals surface area contributed by atoms with Crippen LogP contribution in [-0.2, 0) is 6.54 Å². The zero-order valence-corrected chi connectivity index (χ0v) is 16.8. The van der Waals surface area contributed by atoms with Crippen molar-refractivity contribution >= 4 is 11.7 Å². The number of carbonyl (C=O) groups excluding carboxylic acids is 1. The van der Waals surface area contributed by atoms with Gasteiger partial charge in [0.1, 0.15) is 5.82 Å². The van der Waals surface area contributed by atoms with Crippen LogP contribution in [0.25, 0.3) is 0 Å². The number of aryl methyl sites for hydroxylation is 1. The Morgan fingerprint density at radius 1 is 1.22 bits per heavy atom. The van der Waals surface area contributed by atoms with Crippen molar-refractivity contribution < 1.29 is 4.79 Å². The second-order valence-electron chi connectivity index (χ2n) is 7.42. The Kier molecular flexibility index (Phi) is 5.70. The summed E-state index contributed by atoms with van der Waals surface area (Å²) in [5, 5.41) is 0. The van der Waals surface area contributed by atoms with Gasteiger partial charge in [-0.3, -0.25) is 9.78 Å². The van der Waals surface area contributed by atoms with Crippen LogP contribution in [0.1, 0.15) is 34.0 Å². The summed E-state index contributed by atoms with van der Waals surface area (Å²) in [7, 11) is 5.97. The van der Waals surface area contributed by atoms with Gasteiger partial charge in [0.25, 0.3) is 5.91 Å². The van der Waals surface area contributed by atoms with Crippen LogP contribution in [0.4, 0.5) is 5.82 Å². The van der Waals surface area contributed by atoms with Crippen LogP contribution in [0.5, 0.6) is 0 Å². The molecular weight excluding hydrogens is 340 g/mol. The number of rotatable bonds is 5. The Bertz CT molecular complexity index is 808. The molecule has 1 aliphatic heterocycles. The predicted octanol–water partition coefficient (Wildman–Crippen LogP) is 1.90. The molecule has 0 aromatic carbocycles. The Labute approximate surface area is 161 Å². The Morgan fingerprint density at radius 3 is 2.63 bits per heavy atom. The van der Waals surface area contributed by atoms with E-state index in [4.69, 9.17) is 0 Å². The first-order valence-corrected chi connectivity index (χ1v) is 9.28. The number of hydrogen-bond donors (Lipinski definition) is 0. The molecule has 1 saturated heterocycles. The van der Waals surface area contributed by atoms with Crippen molar-refractivity contribution in [2.24, 2.45) is 0 Å². The summed E-state index contributed by atoms with van der Waals surface area (Å²) in [6.45, 7) is 6.26. The molecule has 0 unspecified atom stereocenters. The normalized spacial score (nSPS) is 16.8. The molecule has 0 spiro atoms. The summed E-state index contributed by atoms with van der Waals surface area (Å²) >= 11 is 0. The first-order valence-electron chi connectivity index (χ1n) is 9.28. The third-order valence-electron chi connectivity index (χ3n) is 5.22. The van der Waals surface area contributed by atoms with E-state index in [0.29, 0.717) is 12.6 Å². The van der Waals surface area contributed by atoms with E-state index < -0.39 is 0 Å². The molecule has 1 fully saturated rings. The van der Waals surface area contributed by atoms with E-state index in [-0.39, 0.29) is 11.7 Å². The van der Waals surface area contributed by atoms with E-state index in [2.05, 4.69) is 38.8 Å². The molecule has 27 heavy (non-hydrogen) atoms. The van der Waals surface area contributed by atoms with E-state index in [1.807, 2.05) is 32.0 Å². The van der Waals surface area contributed by atoms with Crippen molar-refractivity contribution in [3.05, 3.63) is 47.2 Å². The fourth-order valence-corrected chi connectivity index (χ4v) is 3.35. The molecule has 3 rings (SSSR count). The molecule has 0 radical (unpaired) electrons. The maximum atomic E-state index is 12.9. The SMILES string of the molecule is Cc1nc(C(=O)N(C)Cc2ccccn2)nc(N2CC[C@@H](N(C)C)C2)c1C. The average Bonchev–Trinajstić information content (AvgIpc) is 3.14. The number of carbonyl (C=O) groups is 1. The lowest BCUT2D eigenvalue weighted by atomic mass is 10.2. The number of pyridine rings is 1. The summed E-state index contributed by atoms with van der Waals surface area (Å²) in [6, 6.07) is 6.19. The van der Waals surface area contributed by atoms with Crippen molar-refractivity contribution in [2.45, 2.75) is 32.9 Å². The van der Waals surface area contributed by atoms with Crippen LogP contribution in [-0.4, -0.2) is 70.9 Å². The zero-order chi connectivity index (χ0) is 19.6. The van der Waals surface area contributed by atoms with Crippen molar-refractivity contribution in [1.29, 1.82) is 0 Å². The molecule has 144 valence electrons. The third kappa shape index (κ3) is 4.24. The zero-order valence-electron chi connectivity index (χ0n) is 16.8. The number of aromatic nitrogens is 3. The lowest BCUT2D eigenvalue weighted by Crippen LogP contribution is -2.33. The van der Waals surface area contributed by atoms with Gasteiger partial charge in [-0.15, -0.1) is 0 Å². The second kappa shape index (κ2) is 8.00.